The molecule has 0 aliphatic carbocycles. The molecule has 1 aliphatic heterocycles. The van der Waals surface area contributed by atoms with Crippen LogP contribution in [0.3, 0.4) is 0 Å². The zero-order valence-electron chi connectivity index (χ0n) is 14.6. The summed E-state index contributed by atoms with van der Waals surface area (Å²) < 4.78 is 46.0. The maximum Gasteiger partial charge on any atom is 0.161 e. The summed E-state index contributed by atoms with van der Waals surface area (Å²) in [5.41, 5.74) is 1.26. The molecule has 0 aromatic heterocycles. The van der Waals surface area contributed by atoms with Gasteiger partial charge in [-0.05, 0) is 48.2 Å². The first-order chi connectivity index (χ1) is 12.5. The van der Waals surface area contributed by atoms with Gasteiger partial charge in [-0.25, -0.2) is 13.2 Å². The highest BCUT2D eigenvalue weighted by Gasteiger charge is 2.32. The second-order valence-corrected chi connectivity index (χ2v) is 6.71. The van der Waals surface area contributed by atoms with Gasteiger partial charge in [0.1, 0.15) is 11.6 Å². The van der Waals surface area contributed by atoms with Crippen LogP contribution in [0.5, 0.6) is 5.75 Å². The van der Waals surface area contributed by atoms with E-state index >= 15 is 0 Å². The predicted molar refractivity (Wildman–Crippen MR) is 92.5 cm³/mol. The van der Waals surface area contributed by atoms with Crippen molar-refractivity contribution in [2.24, 2.45) is 5.92 Å². The standard InChI is InChI=1S/C20H22F3NO2/c1-26-15-4-2-13(3-5-15)10-24-7-6-16(14(11-24)12-25)17-8-19(22)20(23)9-18(17)21/h2-5,8-9,14,16,25H,6-7,10-12H2,1H3. The molecule has 1 aliphatic rings. The number of aliphatic hydroxyl groups is 1. The summed E-state index contributed by atoms with van der Waals surface area (Å²) in [4.78, 5) is 2.18. The highest BCUT2D eigenvalue weighted by molar-refractivity contribution is 5.28. The number of likely N-dealkylation sites (tertiary alicyclic amines) is 1. The molecule has 3 rings (SSSR count). The fourth-order valence-corrected chi connectivity index (χ4v) is 3.66. The van der Waals surface area contributed by atoms with Gasteiger partial charge >= 0.3 is 0 Å². The molecule has 1 saturated heterocycles. The van der Waals surface area contributed by atoms with Gasteiger partial charge in [0.2, 0.25) is 0 Å². The minimum absolute atomic E-state index is 0.137. The zero-order valence-corrected chi connectivity index (χ0v) is 14.6. The molecule has 3 nitrogen and oxygen atoms in total. The summed E-state index contributed by atoms with van der Waals surface area (Å²) in [6, 6.07) is 9.26. The van der Waals surface area contributed by atoms with Crippen LogP contribution >= 0.6 is 0 Å². The smallest absolute Gasteiger partial charge is 0.161 e. The van der Waals surface area contributed by atoms with Crippen molar-refractivity contribution in [1.82, 2.24) is 4.90 Å². The third-order valence-electron chi connectivity index (χ3n) is 5.06. The van der Waals surface area contributed by atoms with Crippen LogP contribution in [-0.4, -0.2) is 36.8 Å². The average molecular weight is 365 g/mol. The third kappa shape index (κ3) is 4.02. The molecule has 0 amide bonds. The van der Waals surface area contributed by atoms with E-state index < -0.39 is 17.5 Å². The van der Waals surface area contributed by atoms with Gasteiger partial charge in [-0.2, -0.15) is 0 Å². The lowest BCUT2D eigenvalue weighted by Gasteiger charge is -2.38. The van der Waals surface area contributed by atoms with Crippen LogP contribution in [0.15, 0.2) is 36.4 Å². The van der Waals surface area contributed by atoms with E-state index in [1.54, 1.807) is 7.11 Å². The minimum atomic E-state index is -1.19. The van der Waals surface area contributed by atoms with E-state index in [-0.39, 0.29) is 24.0 Å². The lowest BCUT2D eigenvalue weighted by Crippen LogP contribution is -2.40. The molecular weight excluding hydrogens is 343 g/mol. The molecule has 140 valence electrons. The largest absolute Gasteiger partial charge is 0.497 e. The lowest BCUT2D eigenvalue weighted by atomic mass is 9.80. The molecule has 1 heterocycles. The van der Waals surface area contributed by atoms with Crippen LogP contribution in [-0.2, 0) is 6.54 Å². The summed E-state index contributed by atoms with van der Waals surface area (Å²) in [5.74, 6) is -2.78. The number of benzene rings is 2. The van der Waals surface area contributed by atoms with Gasteiger partial charge in [-0.3, -0.25) is 4.90 Å². The Kier molecular flexibility index (Phi) is 5.84. The van der Waals surface area contributed by atoms with Crippen molar-refractivity contribution in [2.75, 3.05) is 26.8 Å². The van der Waals surface area contributed by atoms with Gasteiger partial charge in [-0.1, -0.05) is 12.1 Å². The number of methoxy groups -OCH3 is 1. The van der Waals surface area contributed by atoms with Crippen LogP contribution in [0.25, 0.3) is 0 Å². The SMILES string of the molecule is COc1ccc(CN2CCC(c3cc(F)c(F)cc3F)C(CO)C2)cc1. The minimum Gasteiger partial charge on any atom is -0.497 e. The van der Waals surface area contributed by atoms with Crippen molar-refractivity contribution in [3.05, 3.63) is 65.0 Å². The third-order valence-corrected chi connectivity index (χ3v) is 5.06. The molecule has 0 bridgehead atoms. The fourth-order valence-electron chi connectivity index (χ4n) is 3.66. The molecule has 1 fully saturated rings. The van der Waals surface area contributed by atoms with E-state index in [2.05, 4.69) is 4.90 Å². The van der Waals surface area contributed by atoms with Crippen molar-refractivity contribution >= 4 is 0 Å². The number of nitrogens with zero attached hydrogens (tertiary/aromatic N) is 1. The normalized spacial score (nSPS) is 21.0. The molecule has 6 heteroatoms. The summed E-state index contributed by atoms with van der Waals surface area (Å²) in [6.07, 6.45) is 0.573. The summed E-state index contributed by atoms with van der Waals surface area (Å²) >= 11 is 0. The molecule has 2 aromatic carbocycles. The highest BCUT2D eigenvalue weighted by Crippen LogP contribution is 2.35. The second kappa shape index (κ2) is 8.10. The Morgan fingerprint density at radius 1 is 1.08 bits per heavy atom. The number of hydrogen-bond acceptors (Lipinski definition) is 3. The summed E-state index contributed by atoms with van der Waals surface area (Å²) in [5, 5.41) is 9.76. The van der Waals surface area contributed by atoms with Gasteiger partial charge in [0.15, 0.2) is 11.6 Å². The van der Waals surface area contributed by atoms with E-state index in [9.17, 15) is 18.3 Å². The first-order valence-corrected chi connectivity index (χ1v) is 8.62. The van der Waals surface area contributed by atoms with Crippen LogP contribution in [0, 0.1) is 23.4 Å². The maximum absolute atomic E-state index is 14.1. The molecule has 2 atom stereocenters. The Morgan fingerprint density at radius 3 is 2.42 bits per heavy atom. The first-order valence-electron chi connectivity index (χ1n) is 8.62. The summed E-state index contributed by atoms with van der Waals surface area (Å²) in [7, 11) is 1.61. The second-order valence-electron chi connectivity index (χ2n) is 6.71. The Bertz CT molecular complexity index is 751. The molecule has 0 saturated carbocycles. The number of hydrogen-bond donors (Lipinski definition) is 1. The Labute approximate surface area is 151 Å². The molecule has 2 unspecified atom stereocenters. The van der Waals surface area contributed by atoms with Crippen molar-refractivity contribution in [3.8, 4) is 5.75 Å². The molecule has 26 heavy (non-hydrogen) atoms. The van der Waals surface area contributed by atoms with Crippen molar-refractivity contribution in [2.45, 2.75) is 18.9 Å². The fraction of sp³-hybridized carbons (Fsp3) is 0.400. The molecule has 2 aromatic rings. The number of aliphatic hydroxyl groups excluding tert-OH is 1. The van der Waals surface area contributed by atoms with E-state index in [1.807, 2.05) is 24.3 Å². The van der Waals surface area contributed by atoms with E-state index in [0.29, 0.717) is 32.1 Å². The Balaban J connectivity index is 1.71. The van der Waals surface area contributed by atoms with Gasteiger partial charge < -0.3 is 9.84 Å². The molecule has 0 radical (unpaired) electrons. The number of halogens is 3. The van der Waals surface area contributed by atoms with E-state index in [4.69, 9.17) is 4.74 Å². The average Bonchev–Trinajstić information content (AvgIpc) is 2.65. The monoisotopic (exact) mass is 365 g/mol. The topological polar surface area (TPSA) is 32.7 Å². The highest BCUT2D eigenvalue weighted by atomic mass is 19.2. The van der Waals surface area contributed by atoms with E-state index in [0.717, 1.165) is 17.4 Å². The van der Waals surface area contributed by atoms with Crippen LogP contribution in [0.1, 0.15) is 23.5 Å². The molecule has 0 spiro atoms. The predicted octanol–water partition coefficient (Wildman–Crippen LogP) is 3.71. The van der Waals surface area contributed by atoms with Crippen LogP contribution in [0.4, 0.5) is 13.2 Å². The maximum atomic E-state index is 14.1. The zero-order chi connectivity index (χ0) is 18.7. The first kappa shape index (κ1) is 18.7. The number of piperidine rings is 1. The van der Waals surface area contributed by atoms with Gasteiger partial charge in [-0.15, -0.1) is 0 Å². The van der Waals surface area contributed by atoms with Gasteiger partial charge in [0, 0.05) is 31.7 Å². The van der Waals surface area contributed by atoms with Crippen molar-refractivity contribution < 1.29 is 23.0 Å². The van der Waals surface area contributed by atoms with Gasteiger partial charge in [0.25, 0.3) is 0 Å². The van der Waals surface area contributed by atoms with E-state index in [1.165, 1.54) is 0 Å². The number of ether oxygens (including phenoxy) is 1. The lowest BCUT2D eigenvalue weighted by molar-refractivity contribution is 0.0959. The Hall–Kier alpha value is -2.05. The van der Waals surface area contributed by atoms with Crippen LogP contribution in [0.2, 0.25) is 0 Å². The molecule has 1 N–H and O–H groups in total. The van der Waals surface area contributed by atoms with Gasteiger partial charge in [0.05, 0.1) is 7.11 Å². The number of rotatable bonds is 5. The van der Waals surface area contributed by atoms with Crippen molar-refractivity contribution in [3.63, 3.8) is 0 Å². The molecular formula is C20H22F3NO2. The van der Waals surface area contributed by atoms with Crippen molar-refractivity contribution in [1.29, 1.82) is 0 Å². The summed E-state index contributed by atoms with van der Waals surface area (Å²) in [6.45, 7) is 1.81. The Morgan fingerprint density at radius 2 is 1.77 bits per heavy atom. The van der Waals surface area contributed by atoms with Crippen LogP contribution < -0.4 is 4.74 Å². The quantitative estimate of drug-likeness (QED) is 0.820.